The highest BCUT2D eigenvalue weighted by Crippen LogP contribution is 2.30. The Balaban J connectivity index is 1.53. The number of nitrogens with one attached hydrogen (secondary N) is 1. The Morgan fingerprint density at radius 3 is 2.61 bits per heavy atom. The molecule has 0 amide bonds. The van der Waals surface area contributed by atoms with Gasteiger partial charge in [0.2, 0.25) is 0 Å². The Bertz CT molecular complexity index is 979. The zero-order valence-corrected chi connectivity index (χ0v) is 15.7. The molecule has 7 nitrogen and oxygen atoms in total. The predicted octanol–water partition coefficient (Wildman–Crippen LogP) is 3.11. The first-order valence-corrected chi connectivity index (χ1v) is 9.03. The molecule has 0 atom stereocenters. The van der Waals surface area contributed by atoms with E-state index < -0.39 is 11.6 Å². The van der Waals surface area contributed by atoms with Gasteiger partial charge in [-0.05, 0) is 6.92 Å². The molecule has 4 rings (SSSR count). The fourth-order valence-corrected chi connectivity index (χ4v) is 3.20. The van der Waals surface area contributed by atoms with Crippen molar-refractivity contribution in [2.75, 3.05) is 36.5 Å². The van der Waals surface area contributed by atoms with E-state index in [9.17, 15) is 8.78 Å². The van der Waals surface area contributed by atoms with Crippen molar-refractivity contribution in [2.24, 2.45) is 7.05 Å². The second-order valence-electron chi connectivity index (χ2n) is 6.68. The normalized spacial score (nSPS) is 14.5. The molecule has 148 valence electrons. The SMILES string of the molecule is Cc1c(-c2cc(CNc3cc(F)c(F)cc3N3CCOCC3)on2)cnn1C. The van der Waals surface area contributed by atoms with Gasteiger partial charge in [0, 0.05) is 49.6 Å². The minimum Gasteiger partial charge on any atom is -0.378 e. The molecule has 0 saturated carbocycles. The average molecular weight is 389 g/mol. The summed E-state index contributed by atoms with van der Waals surface area (Å²) in [7, 11) is 1.86. The zero-order chi connectivity index (χ0) is 19.7. The van der Waals surface area contributed by atoms with Gasteiger partial charge in [0.05, 0.1) is 37.3 Å². The van der Waals surface area contributed by atoms with Crippen molar-refractivity contribution in [1.82, 2.24) is 14.9 Å². The van der Waals surface area contributed by atoms with Gasteiger partial charge in [0.1, 0.15) is 5.69 Å². The van der Waals surface area contributed by atoms with Gasteiger partial charge in [-0.15, -0.1) is 0 Å². The van der Waals surface area contributed by atoms with Gasteiger partial charge in [-0.1, -0.05) is 5.16 Å². The van der Waals surface area contributed by atoms with Crippen molar-refractivity contribution in [3.8, 4) is 11.3 Å². The number of aromatic nitrogens is 3. The molecule has 1 aromatic carbocycles. The molecule has 3 heterocycles. The third-order valence-electron chi connectivity index (χ3n) is 4.91. The summed E-state index contributed by atoms with van der Waals surface area (Å²) in [6.45, 7) is 4.57. The lowest BCUT2D eigenvalue weighted by molar-refractivity contribution is 0.122. The quantitative estimate of drug-likeness (QED) is 0.723. The lowest BCUT2D eigenvalue weighted by Crippen LogP contribution is -2.36. The number of halogens is 2. The van der Waals surface area contributed by atoms with Gasteiger partial charge >= 0.3 is 0 Å². The minimum atomic E-state index is -0.899. The second kappa shape index (κ2) is 7.59. The van der Waals surface area contributed by atoms with Crippen molar-refractivity contribution in [1.29, 1.82) is 0 Å². The van der Waals surface area contributed by atoms with Crippen molar-refractivity contribution >= 4 is 11.4 Å². The largest absolute Gasteiger partial charge is 0.378 e. The smallest absolute Gasteiger partial charge is 0.161 e. The molecule has 0 bridgehead atoms. The van der Waals surface area contributed by atoms with Gasteiger partial charge in [0.15, 0.2) is 17.4 Å². The van der Waals surface area contributed by atoms with Crippen LogP contribution in [-0.4, -0.2) is 41.2 Å². The number of hydrogen-bond donors (Lipinski definition) is 1. The van der Waals surface area contributed by atoms with Crippen LogP contribution in [0.1, 0.15) is 11.5 Å². The maximum absolute atomic E-state index is 13.8. The number of nitrogens with zero attached hydrogens (tertiary/aromatic N) is 4. The number of ether oxygens (including phenoxy) is 1. The number of anilines is 2. The van der Waals surface area contributed by atoms with Crippen LogP contribution in [0.3, 0.4) is 0 Å². The van der Waals surface area contributed by atoms with Crippen LogP contribution in [-0.2, 0) is 18.3 Å². The monoisotopic (exact) mass is 389 g/mol. The lowest BCUT2D eigenvalue weighted by Gasteiger charge is -2.30. The molecule has 28 heavy (non-hydrogen) atoms. The highest BCUT2D eigenvalue weighted by Gasteiger charge is 2.19. The van der Waals surface area contributed by atoms with Crippen LogP contribution in [0.5, 0.6) is 0 Å². The standard InChI is InChI=1S/C19H21F2N5O2/c1-12-14(11-23-25(12)2)17-7-13(28-24-17)10-22-18-8-15(20)16(21)9-19(18)26-3-5-27-6-4-26/h7-9,11,22H,3-6,10H2,1-2H3. The predicted molar refractivity (Wildman–Crippen MR) is 100 cm³/mol. The van der Waals surface area contributed by atoms with Crippen LogP contribution >= 0.6 is 0 Å². The summed E-state index contributed by atoms with van der Waals surface area (Å²) < 4.78 is 40.1. The van der Waals surface area contributed by atoms with E-state index in [-0.39, 0.29) is 6.54 Å². The summed E-state index contributed by atoms with van der Waals surface area (Å²) in [5.41, 5.74) is 3.64. The van der Waals surface area contributed by atoms with Crippen molar-refractivity contribution < 1.29 is 18.0 Å². The molecule has 1 saturated heterocycles. The van der Waals surface area contributed by atoms with E-state index in [1.807, 2.05) is 24.9 Å². The van der Waals surface area contributed by atoms with Crippen molar-refractivity contribution in [2.45, 2.75) is 13.5 Å². The van der Waals surface area contributed by atoms with E-state index in [0.29, 0.717) is 49.1 Å². The molecule has 1 N–H and O–H groups in total. The van der Waals surface area contributed by atoms with Gasteiger partial charge in [-0.25, -0.2) is 8.78 Å². The summed E-state index contributed by atoms with van der Waals surface area (Å²) in [4.78, 5) is 1.97. The van der Waals surface area contributed by atoms with Crippen LogP contribution in [0.25, 0.3) is 11.3 Å². The van der Waals surface area contributed by atoms with Gasteiger partial charge in [0.25, 0.3) is 0 Å². The average Bonchev–Trinajstić information content (AvgIpc) is 3.30. The van der Waals surface area contributed by atoms with E-state index >= 15 is 0 Å². The molecule has 2 aromatic heterocycles. The Hall–Kier alpha value is -2.94. The molecule has 1 aliphatic heterocycles. The summed E-state index contributed by atoms with van der Waals surface area (Å²) in [6.07, 6.45) is 1.73. The number of aryl methyl sites for hydroxylation is 1. The molecule has 1 fully saturated rings. The van der Waals surface area contributed by atoms with E-state index in [1.54, 1.807) is 10.9 Å². The first kappa shape index (κ1) is 18.4. The number of hydrogen-bond acceptors (Lipinski definition) is 6. The molecule has 0 radical (unpaired) electrons. The van der Waals surface area contributed by atoms with Crippen molar-refractivity contribution in [3.05, 3.63) is 47.5 Å². The molecule has 9 heteroatoms. The van der Waals surface area contributed by atoms with Crippen LogP contribution < -0.4 is 10.2 Å². The molecule has 0 aliphatic carbocycles. The lowest BCUT2D eigenvalue weighted by atomic mass is 10.2. The van der Waals surface area contributed by atoms with E-state index in [0.717, 1.165) is 11.3 Å². The van der Waals surface area contributed by atoms with Crippen LogP contribution in [0.15, 0.2) is 28.9 Å². The maximum Gasteiger partial charge on any atom is 0.161 e. The van der Waals surface area contributed by atoms with E-state index in [2.05, 4.69) is 15.6 Å². The third kappa shape index (κ3) is 3.57. The van der Waals surface area contributed by atoms with Crippen molar-refractivity contribution in [3.63, 3.8) is 0 Å². The van der Waals surface area contributed by atoms with Crippen LogP contribution in [0, 0.1) is 18.6 Å². The molecule has 3 aromatic rings. The summed E-state index contributed by atoms with van der Waals surface area (Å²) >= 11 is 0. The first-order chi connectivity index (χ1) is 13.5. The highest BCUT2D eigenvalue weighted by molar-refractivity contribution is 5.70. The number of rotatable bonds is 5. The Morgan fingerprint density at radius 1 is 1.14 bits per heavy atom. The topological polar surface area (TPSA) is 68.3 Å². The Kier molecular flexibility index (Phi) is 4.99. The maximum atomic E-state index is 13.8. The molecule has 0 unspecified atom stereocenters. The Morgan fingerprint density at radius 2 is 1.89 bits per heavy atom. The summed E-state index contributed by atoms with van der Waals surface area (Å²) in [5.74, 6) is -1.19. The van der Waals surface area contributed by atoms with Crippen LogP contribution in [0.4, 0.5) is 20.2 Å². The molecular weight excluding hydrogens is 368 g/mol. The third-order valence-corrected chi connectivity index (χ3v) is 4.91. The fourth-order valence-electron chi connectivity index (χ4n) is 3.20. The van der Waals surface area contributed by atoms with Gasteiger partial charge in [-0.3, -0.25) is 4.68 Å². The van der Waals surface area contributed by atoms with Gasteiger partial charge in [-0.2, -0.15) is 5.10 Å². The second-order valence-corrected chi connectivity index (χ2v) is 6.68. The summed E-state index contributed by atoms with van der Waals surface area (Å²) in [6, 6.07) is 4.20. The fraction of sp³-hybridized carbons (Fsp3) is 0.368. The van der Waals surface area contributed by atoms with Gasteiger partial charge < -0.3 is 19.5 Å². The Labute approximate surface area is 160 Å². The number of morpholine rings is 1. The minimum absolute atomic E-state index is 0.286. The molecule has 1 aliphatic rings. The van der Waals surface area contributed by atoms with E-state index in [4.69, 9.17) is 9.26 Å². The van der Waals surface area contributed by atoms with Crippen LogP contribution in [0.2, 0.25) is 0 Å². The van der Waals surface area contributed by atoms with E-state index in [1.165, 1.54) is 12.1 Å². The molecule has 0 spiro atoms. The highest BCUT2D eigenvalue weighted by atomic mass is 19.2. The zero-order valence-electron chi connectivity index (χ0n) is 15.7. The summed E-state index contributed by atoms with van der Waals surface area (Å²) in [5, 5.41) is 11.4. The number of benzene rings is 1. The first-order valence-electron chi connectivity index (χ1n) is 9.03. The molecular formula is C19H21F2N5O2.